The van der Waals surface area contributed by atoms with Gasteiger partial charge in [0.1, 0.15) is 40.4 Å². The van der Waals surface area contributed by atoms with Gasteiger partial charge in [-0.25, -0.2) is 4.99 Å². The third-order valence-corrected chi connectivity index (χ3v) is 12.4. The van der Waals surface area contributed by atoms with Crippen LogP contribution in [0.4, 0.5) is 5.69 Å². The number of hydrogen-bond acceptors (Lipinski definition) is 11. The van der Waals surface area contributed by atoms with Crippen LogP contribution < -0.4 is 31.8 Å². The van der Waals surface area contributed by atoms with Crippen molar-refractivity contribution < 1.29 is 29.3 Å². The number of ether oxygens (including phenoxy) is 2. The van der Waals surface area contributed by atoms with Gasteiger partial charge in [0, 0.05) is 47.0 Å². The van der Waals surface area contributed by atoms with Crippen molar-refractivity contribution in [2.24, 2.45) is 16.5 Å². The molecular weight excluding hydrogens is 641 g/mol. The van der Waals surface area contributed by atoms with Crippen LogP contribution in [-0.2, 0) is 12.2 Å². The van der Waals surface area contributed by atoms with Crippen molar-refractivity contribution in [2.45, 2.75) is 106 Å². The van der Waals surface area contributed by atoms with E-state index in [-0.39, 0.29) is 42.0 Å². The third kappa shape index (κ3) is 6.16. The van der Waals surface area contributed by atoms with E-state index in [0.717, 1.165) is 55.2 Å². The number of nitrogens with two attached hydrogens (primary N) is 2. The fourth-order valence-corrected chi connectivity index (χ4v) is 10.0. The minimum Gasteiger partial charge on any atom is -0.489 e. The van der Waals surface area contributed by atoms with Crippen LogP contribution in [0.1, 0.15) is 98.3 Å². The number of guanidine groups is 1. The summed E-state index contributed by atoms with van der Waals surface area (Å²) in [5, 5.41) is 33.0. The first kappa shape index (κ1) is 32.4. The molecule has 5 atom stereocenters. The maximum Gasteiger partial charge on any atom is 0.200 e. The fraction of sp³-hybridized carbons (Fsp3) is 0.529. The van der Waals surface area contributed by atoms with Crippen molar-refractivity contribution in [3.63, 3.8) is 0 Å². The Morgan fingerprint density at radius 1 is 1.15 bits per heavy atom. The van der Waals surface area contributed by atoms with Gasteiger partial charge in [-0.05, 0) is 69.6 Å². The van der Waals surface area contributed by atoms with Crippen molar-refractivity contribution in [3.8, 4) is 11.5 Å². The third-order valence-electron chi connectivity index (χ3n) is 10.0. The molecule has 47 heavy (non-hydrogen) atoms. The van der Waals surface area contributed by atoms with Gasteiger partial charge in [-0.3, -0.25) is 15.5 Å². The van der Waals surface area contributed by atoms with Gasteiger partial charge in [0.25, 0.3) is 0 Å². The molecule has 0 radical (unpaired) electrons. The molecule has 7 rings (SSSR count). The summed E-state index contributed by atoms with van der Waals surface area (Å²) in [5.74, 6) is 2.05. The van der Waals surface area contributed by atoms with Crippen molar-refractivity contribution in [1.82, 2.24) is 0 Å². The first-order chi connectivity index (χ1) is 22.6. The van der Waals surface area contributed by atoms with Crippen LogP contribution in [0.5, 0.6) is 11.5 Å². The zero-order valence-electron chi connectivity index (χ0n) is 26.4. The Hall–Kier alpha value is -3.10. The summed E-state index contributed by atoms with van der Waals surface area (Å²) in [6, 6.07) is 6.64. The van der Waals surface area contributed by atoms with E-state index in [1.165, 1.54) is 0 Å². The van der Waals surface area contributed by atoms with E-state index < -0.39 is 23.9 Å². The summed E-state index contributed by atoms with van der Waals surface area (Å²) < 4.78 is 20.3. The highest BCUT2D eigenvalue weighted by Gasteiger charge is 2.51. The number of aliphatic imine (C=N–C) groups is 1. The molecule has 2 bridgehead atoms. The maximum atomic E-state index is 15.0. The van der Waals surface area contributed by atoms with Crippen LogP contribution in [0.3, 0.4) is 0 Å². The van der Waals surface area contributed by atoms with Crippen LogP contribution in [-0.4, -0.2) is 51.0 Å². The zero-order chi connectivity index (χ0) is 32.9. The first-order valence-corrected chi connectivity index (χ1v) is 18.9. The summed E-state index contributed by atoms with van der Waals surface area (Å²) >= 11 is 0. The monoisotopic (exact) mass is 682 g/mol. The number of anilines is 1. The van der Waals surface area contributed by atoms with Gasteiger partial charge in [-0.1, -0.05) is 33.7 Å². The number of rotatable bonds is 6. The molecule has 4 aliphatic rings. The molecule has 2 aliphatic carbocycles. The molecule has 8 N–H and O–H groups in total. The number of benzene rings is 2. The van der Waals surface area contributed by atoms with Crippen molar-refractivity contribution in [3.05, 3.63) is 62.5 Å². The fourth-order valence-electron chi connectivity index (χ4n) is 7.75. The predicted octanol–water partition coefficient (Wildman–Crippen LogP) is 5.25. The second-order valence-electron chi connectivity index (χ2n) is 13.4. The van der Waals surface area contributed by atoms with E-state index in [4.69, 9.17) is 25.4 Å². The number of nitrogens with zero attached hydrogens (tertiary/aromatic N) is 1. The van der Waals surface area contributed by atoms with Crippen LogP contribution in [0.2, 0.25) is 0 Å². The number of fused-ring (bicyclic) bond motifs is 5. The molecule has 252 valence electrons. The average molecular weight is 683 g/mol. The molecular formula is C34H42N4O7S2. The van der Waals surface area contributed by atoms with Gasteiger partial charge in [0.2, 0.25) is 0 Å². The van der Waals surface area contributed by atoms with Gasteiger partial charge in [-0.15, -0.1) is 0 Å². The Bertz CT molecular complexity index is 1740. The van der Waals surface area contributed by atoms with E-state index in [1.54, 1.807) is 33.7 Å². The highest BCUT2D eigenvalue weighted by Crippen LogP contribution is 2.57. The van der Waals surface area contributed by atoms with Crippen LogP contribution in [0.25, 0.3) is 11.0 Å². The largest absolute Gasteiger partial charge is 0.489 e. The van der Waals surface area contributed by atoms with Crippen LogP contribution >= 0.6 is 21.6 Å². The Balaban J connectivity index is 1.49. The number of nitrogens with one attached hydrogen (secondary N) is 1. The molecule has 0 spiro atoms. The summed E-state index contributed by atoms with van der Waals surface area (Å²) in [6.07, 6.45) is 4.77. The van der Waals surface area contributed by atoms with Gasteiger partial charge in [-0.2, -0.15) is 0 Å². The number of aliphatic hydroxyl groups is 2. The molecule has 2 fully saturated rings. The SMILES string of the molecule is C[C@@]1(O)CCC[C@H]2c3c(c4c5oc(c(Cc6ccc(NO)cc6)c(=O)c5c3OC3CCCC3)[C@H](O)C[C@@H](N=C(N)N)CSSC4)O[C@@H]21. The topological polar surface area (TPSA) is 186 Å². The highest BCUT2D eigenvalue weighted by atomic mass is 33.1. The van der Waals surface area contributed by atoms with Crippen molar-refractivity contribution in [2.75, 3.05) is 11.2 Å². The Morgan fingerprint density at radius 2 is 1.91 bits per heavy atom. The highest BCUT2D eigenvalue weighted by molar-refractivity contribution is 8.76. The Morgan fingerprint density at radius 3 is 2.64 bits per heavy atom. The van der Waals surface area contributed by atoms with E-state index in [0.29, 0.717) is 51.6 Å². The smallest absolute Gasteiger partial charge is 0.200 e. The number of hydrogen-bond donors (Lipinski definition) is 6. The molecule has 1 aromatic heterocycles. The first-order valence-electron chi connectivity index (χ1n) is 16.4. The molecule has 0 saturated heterocycles. The predicted molar refractivity (Wildman–Crippen MR) is 185 cm³/mol. The molecule has 2 aliphatic heterocycles. The molecule has 0 unspecified atom stereocenters. The van der Waals surface area contributed by atoms with Crippen LogP contribution in [0.15, 0.2) is 38.5 Å². The minimum absolute atomic E-state index is 0.0460. The lowest BCUT2D eigenvalue weighted by Gasteiger charge is -2.37. The quantitative estimate of drug-likeness (QED) is 0.0860. The molecule has 3 aromatic rings. The summed E-state index contributed by atoms with van der Waals surface area (Å²) in [6.45, 7) is 1.83. The second kappa shape index (κ2) is 13.1. The molecule has 2 aromatic carbocycles. The lowest BCUT2D eigenvalue weighted by molar-refractivity contribution is -0.0727. The summed E-state index contributed by atoms with van der Waals surface area (Å²) in [5.41, 5.74) is 15.9. The summed E-state index contributed by atoms with van der Waals surface area (Å²) in [7, 11) is 3.16. The van der Waals surface area contributed by atoms with E-state index in [9.17, 15) is 15.4 Å². The Kier molecular flexibility index (Phi) is 9.03. The van der Waals surface area contributed by atoms with Gasteiger partial charge in [0.15, 0.2) is 11.4 Å². The van der Waals surface area contributed by atoms with Crippen molar-refractivity contribution >= 4 is 44.2 Å². The van der Waals surface area contributed by atoms with Crippen LogP contribution in [0, 0.1) is 0 Å². The minimum atomic E-state index is -1.18. The standard InChI is InChI=1S/C34H42N4O7S2/c1-34(41)12-4-7-21-25-29(45-32(21)34)23-16-47-46-15-19(37-33(35)36)14-24(39)28-22(13-17-8-10-18(38-42)11-9-17)27(40)26(30(23)44-28)31(25)43-20-5-2-3-6-20/h8-11,19-21,24,32,38-39,41-42H,2-7,12-16H2,1H3,(H4,35,36,37)/t19-,21+,24-,32+,34-/m1/s1. The molecule has 11 nitrogen and oxygen atoms in total. The maximum absolute atomic E-state index is 15.0. The van der Waals surface area contributed by atoms with E-state index >= 15 is 4.79 Å². The van der Waals surface area contributed by atoms with Gasteiger partial charge < -0.3 is 35.6 Å². The summed E-state index contributed by atoms with van der Waals surface area (Å²) in [4.78, 5) is 19.4. The van der Waals surface area contributed by atoms with Gasteiger partial charge in [0.05, 0.1) is 23.4 Å². The van der Waals surface area contributed by atoms with E-state index in [2.05, 4.69) is 10.5 Å². The van der Waals surface area contributed by atoms with E-state index in [1.807, 2.05) is 19.1 Å². The number of aliphatic hydroxyl groups excluding tert-OH is 1. The second-order valence-corrected chi connectivity index (χ2v) is 15.9. The lowest BCUT2D eigenvalue weighted by atomic mass is 9.74. The molecule has 13 heteroatoms. The van der Waals surface area contributed by atoms with Crippen molar-refractivity contribution in [1.29, 1.82) is 0 Å². The normalized spacial score (nSPS) is 27.5. The lowest BCUT2D eigenvalue weighted by Crippen LogP contribution is -2.47. The Labute approximate surface area is 280 Å². The average Bonchev–Trinajstić information content (AvgIpc) is 3.69. The van der Waals surface area contributed by atoms with Gasteiger partial charge >= 0.3 is 0 Å². The zero-order valence-corrected chi connectivity index (χ0v) is 28.0. The molecule has 3 heterocycles. The molecule has 0 amide bonds. The molecule has 2 saturated carbocycles.